The molecule has 0 bridgehead atoms. The third kappa shape index (κ3) is 4.91. The summed E-state index contributed by atoms with van der Waals surface area (Å²) < 4.78 is 0. The summed E-state index contributed by atoms with van der Waals surface area (Å²) in [5.74, 6) is 1.15. The summed E-state index contributed by atoms with van der Waals surface area (Å²) in [7, 11) is 0. The number of rotatable bonds is 3. The van der Waals surface area contributed by atoms with Gasteiger partial charge in [0.05, 0.1) is 6.54 Å². The van der Waals surface area contributed by atoms with E-state index in [1.165, 1.54) is 0 Å². The van der Waals surface area contributed by atoms with Crippen molar-refractivity contribution in [2.45, 2.75) is 26.8 Å². The predicted molar refractivity (Wildman–Crippen MR) is 56.2 cm³/mol. The number of carboxylic acids is 1. The molecule has 0 aliphatic rings. The van der Waals surface area contributed by atoms with E-state index in [9.17, 15) is 9.59 Å². The Kier molecular flexibility index (Phi) is 4.65. The van der Waals surface area contributed by atoms with Crippen LogP contribution >= 0.6 is 0 Å². The van der Waals surface area contributed by atoms with Gasteiger partial charge in [0.25, 0.3) is 0 Å². The Morgan fingerprint density at radius 2 is 2.00 bits per heavy atom. The molecule has 0 saturated heterocycles. The third-order valence-electron chi connectivity index (χ3n) is 1.74. The number of hydrogen-bond acceptors (Lipinski definition) is 2. The minimum atomic E-state index is -1.07. The molecule has 0 fully saturated rings. The van der Waals surface area contributed by atoms with Crippen molar-refractivity contribution in [3.63, 3.8) is 0 Å². The summed E-state index contributed by atoms with van der Waals surface area (Å²) in [5.41, 5.74) is -0.556. The Balaban J connectivity index is 4.39. The van der Waals surface area contributed by atoms with Gasteiger partial charge >= 0.3 is 12.0 Å². The molecule has 84 valence electrons. The molecule has 0 aromatic rings. The lowest BCUT2D eigenvalue weighted by Gasteiger charge is -2.27. The number of carboxylic acid groups (broad SMARTS) is 1. The van der Waals surface area contributed by atoms with E-state index < -0.39 is 23.5 Å². The van der Waals surface area contributed by atoms with Gasteiger partial charge in [0.1, 0.15) is 6.04 Å². The monoisotopic (exact) mass is 212 g/mol. The van der Waals surface area contributed by atoms with Crippen molar-refractivity contribution in [2.24, 2.45) is 5.41 Å². The van der Waals surface area contributed by atoms with Crippen LogP contribution in [0.25, 0.3) is 0 Å². The van der Waals surface area contributed by atoms with Gasteiger partial charge in [-0.25, -0.2) is 9.59 Å². The maximum Gasteiger partial charge on any atom is 0.326 e. The maximum absolute atomic E-state index is 11.2. The molecule has 0 heterocycles. The van der Waals surface area contributed by atoms with Crippen molar-refractivity contribution in [3.8, 4) is 12.3 Å². The third-order valence-corrected chi connectivity index (χ3v) is 1.74. The molecule has 0 aliphatic carbocycles. The van der Waals surface area contributed by atoms with Crippen molar-refractivity contribution in [3.05, 3.63) is 0 Å². The van der Waals surface area contributed by atoms with Crippen molar-refractivity contribution in [2.75, 3.05) is 6.54 Å². The SMILES string of the molecule is C#CCNC(=O)N[C@@H](C(=O)O)C(C)(C)C. The van der Waals surface area contributed by atoms with E-state index >= 15 is 0 Å². The summed E-state index contributed by atoms with van der Waals surface area (Å²) in [5, 5.41) is 13.6. The second kappa shape index (κ2) is 5.25. The molecule has 0 aromatic carbocycles. The van der Waals surface area contributed by atoms with Crippen LogP contribution in [0.15, 0.2) is 0 Å². The van der Waals surface area contributed by atoms with Gasteiger partial charge in [-0.1, -0.05) is 26.7 Å². The number of carbonyl (C=O) groups is 2. The highest BCUT2D eigenvalue weighted by Gasteiger charge is 2.32. The van der Waals surface area contributed by atoms with Gasteiger partial charge in [-0.05, 0) is 5.41 Å². The lowest BCUT2D eigenvalue weighted by molar-refractivity contribution is -0.141. The second-order valence-electron chi connectivity index (χ2n) is 4.17. The fourth-order valence-corrected chi connectivity index (χ4v) is 0.962. The van der Waals surface area contributed by atoms with E-state index in [4.69, 9.17) is 11.5 Å². The van der Waals surface area contributed by atoms with E-state index in [2.05, 4.69) is 16.6 Å². The first-order valence-corrected chi connectivity index (χ1v) is 4.49. The molecule has 0 radical (unpaired) electrons. The van der Waals surface area contributed by atoms with Crippen LogP contribution in [0.1, 0.15) is 20.8 Å². The van der Waals surface area contributed by atoms with Crippen LogP contribution < -0.4 is 10.6 Å². The Morgan fingerprint density at radius 3 is 2.33 bits per heavy atom. The molecular weight excluding hydrogens is 196 g/mol. The highest BCUT2D eigenvalue weighted by atomic mass is 16.4. The molecular formula is C10H16N2O3. The highest BCUT2D eigenvalue weighted by molar-refractivity contribution is 5.83. The number of hydrogen-bond donors (Lipinski definition) is 3. The number of amides is 2. The first kappa shape index (κ1) is 13.3. The zero-order chi connectivity index (χ0) is 12.1. The average molecular weight is 212 g/mol. The first-order chi connectivity index (χ1) is 6.79. The van der Waals surface area contributed by atoms with Crippen LogP contribution in [-0.2, 0) is 4.79 Å². The largest absolute Gasteiger partial charge is 0.480 e. The summed E-state index contributed by atoms with van der Waals surface area (Å²) in [6, 6.07) is -1.52. The summed E-state index contributed by atoms with van der Waals surface area (Å²) in [6.45, 7) is 5.26. The zero-order valence-corrected chi connectivity index (χ0v) is 9.13. The van der Waals surface area contributed by atoms with Crippen LogP contribution in [0.4, 0.5) is 4.79 Å². The Labute approximate surface area is 89.2 Å². The maximum atomic E-state index is 11.2. The van der Waals surface area contributed by atoms with Gasteiger partial charge in [0.2, 0.25) is 0 Å². The Bertz CT molecular complexity index is 286. The average Bonchev–Trinajstić information content (AvgIpc) is 2.08. The van der Waals surface area contributed by atoms with Gasteiger partial charge in [-0.2, -0.15) is 0 Å². The number of aliphatic carboxylic acids is 1. The smallest absolute Gasteiger partial charge is 0.326 e. The number of urea groups is 1. The highest BCUT2D eigenvalue weighted by Crippen LogP contribution is 2.19. The van der Waals surface area contributed by atoms with E-state index in [0.29, 0.717) is 0 Å². The molecule has 15 heavy (non-hydrogen) atoms. The normalized spacial score (nSPS) is 12.4. The number of carbonyl (C=O) groups excluding carboxylic acids is 1. The Hall–Kier alpha value is -1.70. The van der Waals surface area contributed by atoms with E-state index in [0.717, 1.165) is 0 Å². The van der Waals surface area contributed by atoms with Gasteiger partial charge in [0, 0.05) is 0 Å². The summed E-state index contributed by atoms with van der Waals surface area (Å²) in [6.07, 6.45) is 4.94. The second-order valence-corrected chi connectivity index (χ2v) is 4.17. The van der Waals surface area contributed by atoms with E-state index in [1.807, 2.05) is 0 Å². The van der Waals surface area contributed by atoms with Gasteiger partial charge < -0.3 is 15.7 Å². The van der Waals surface area contributed by atoms with Gasteiger partial charge in [0.15, 0.2) is 0 Å². The molecule has 5 nitrogen and oxygen atoms in total. The fraction of sp³-hybridized carbons (Fsp3) is 0.600. The molecule has 2 amide bonds. The van der Waals surface area contributed by atoms with Crippen molar-refractivity contribution < 1.29 is 14.7 Å². The molecule has 3 N–H and O–H groups in total. The molecule has 1 atom stereocenters. The van der Waals surface area contributed by atoms with Crippen LogP contribution in [0.2, 0.25) is 0 Å². The zero-order valence-electron chi connectivity index (χ0n) is 9.13. The molecule has 0 spiro atoms. The molecule has 5 heteroatoms. The van der Waals surface area contributed by atoms with Gasteiger partial charge in [-0.3, -0.25) is 0 Å². The summed E-state index contributed by atoms with van der Waals surface area (Å²) >= 11 is 0. The summed E-state index contributed by atoms with van der Waals surface area (Å²) in [4.78, 5) is 22.1. The van der Waals surface area contributed by atoms with Crippen molar-refractivity contribution >= 4 is 12.0 Å². The lowest BCUT2D eigenvalue weighted by Crippen LogP contribution is -2.52. The van der Waals surface area contributed by atoms with Crippen LogP contribution in [-0.4, -0.2) is 29.7 Å². The van der Waals surface area contributed by atoms with Crippen LogP contribution in [0.3, 0.4) is 0 Å². The van der Waals surface area contributed by atoms with E-state index in [1.54, 1.807) is 20.8 Å². The molecule has 0 aromatic heterocycles. The van der Waals surface area contributed by atoms with E-state index in [-0.39, 0.29) is 6.54 Å². The van der Waals surface area contributed by atoms with Gasteiger partial charge in [-0.15, -0.1) is 6.42 Å². The molecule has 0 saturated carbocycles. The van der Waals surface area contributed by atoms with Crippen LogP contribution in [0, 0.1) is 17.8 Å². The predicted octanol–water partition coefficient (Wildman–Crippen LogP) is 0.418. The topological polar surface area (TPSA) is 78.4 Å². The number of nitrogens with one attached hydrogen (secondary N) is 2. The number of terminal acetylenes is 1. The lowest BCUT2D eigenvalue weighted by atomic mass is 9.87. The van der Waals surface area contributed by atoms with Crippen molar-refractivity contribution in [1.82, 2.24) is 10.6 Å². The Morgan fingerprint density at radius 1 is 1.47 bits per heavy atom. The molecule has 0 unspecified atom stereocenters. The quantitative estimate of drug-likeness (QED) is 0.593. The first-order valence-electron chi connectivity index (χ1n) is 4.49. The van der Waals surface area contributed by atoms with Crippen molar-refractivity contribution in [1.29, 1.82) is 0 Å². The minimum absolute atomic E-state index is 0.0717. The standard InChI is InChI=1S/C10H16N2O3/c1-5-6-11-9(15)12-7(8(13)14)10(2,3)4/h1,7H,6H2,2-4H3,(H,13,14)(H2,11,12,15)/t7-/m0/s1. The fourth-order valence-electron chi connectivity index (χ4n) is 0.962. The molecule has 0 rings (SSSR count). The molecule has 0 aliphatic heterocycles. The minimum Gasteiger partial charge on any atom is -0.480 e. The van der Waals surface area contributed by atoms with Crippen LogP contribution in [0.5, 0.6) is 0 Å².